The lowest BCUT2D eigenvalue weighted by Gasteiger charge is -2.40. The normalized spacial score (nSPS) is 15.0. The van der Waals surface area contributed by atoms with Crippen LogP contribution in [0, 0.1) is 18.2 Å². The summed E-state index contributed by atoms with van der Waals surface area (Å²) in [4.78, 5) is 8.92. The summed E-state index contributed by atoms with van der Waals surface area (Å²) in [6.45, 7) is 1.21. The number of nitrogens with zero attached hydrogens (tertiary/aromatic N) is 2. The molecule has 1 aliphatic rings. The Hall–Kier alpha value is -3.11. The Balaban J connectivity index is 1.63. The topological polar surface area (TPSA) is 85.7 Å². The van der Waals surface area contributed by atoms with E-state index in [1.54, 1.807) is 33.3 Å². The van der Waals surface area contributed by atoms with E-state index in [1.807, 2.05) is 0 Å². The number of fused-ring (bicyclic) bond motifs is 1. The molecule has 0 saturated heterocycles. The lowest BCUT2D eigenvalue weighted by Crippen LogP contribution is -2.39. The zero-order valence-corrected chi connectivity index (χ0v) is 20.5. The van der Waals surface area contributed by atoms with E-state index in [0.29, 0.717) is 47.3 Å². The predicted molar refractivity (Wildman–Crippen MR) is 129 cm³/mol. The summed E-state index contributed by atoms with van der Waals surface area (Å²) in [6, 6.07) is 7.21. The molecule has 7 nitrogen and oxygen atoms in total. The molecule has 0 unspecified atom stereocenters. The molecule has 0 atom stereocenters. The van der Waals surface area contributed by atoms with Crippen LogP contribution in [0.15, 0.2) is 30.3 Å². The highest BCUT2D eigenvalue weighted by Crippen LogP contribution is 2.43. The van der Waals surface area contributed by atoms with Crippen LogP contribution in [0.1, 0.15) is 36.2 Å². The second-order valence-electron chi connectivity index (χ2n) is 9.21. The number of halogens is 3. The number of nitrogens with one attached hydrogen (secondary N) is 1. The number of hydrogen-bond donors (Lipinski definition) is 2. The predicted octanol–water partition coefficient (Wildman–Crippen LogP) is 4.98. The minimum atomic E-state index is -3.68. The van der Waals surface area contributed by atoms with Gasteiger partial charge in [-0.15, -0.1) is 0 Å². The fourth-order valence-electron chi connectivity index (χ4n) is 4.47. The smallest absolute Gasteiger partial charge is 0.298 e. The van der Waals surface area contributed by atoms with Gasteiger partial charge in [0.1, 0.15) is 24.1 Å². The third-order valence-corrected chi connectivity index (χ3v) is 6.61. The molecular formula is C26H30F3N3O4. The largest absolute Gasteiger partial charge is 0.493 e. The van der Waals surface area contributed by atoms with Crippen LogP contribution in [-0.4, -0.2) is 49.1 Å². The highest BCUT2D eigenvalue weighted by atomic mass is 19.3. The van der Waals surface area contributed by atoms with Gasteiger partial charge in [-0.2, -0.15) is 8.78 Å². The number of rotatable bonds is 11. The maximum atomic E-state index is 14.8. The van der Waals surface area contributed by atoms with E-state index >= 15 is 0 Å². The standard InChI is InChI=1S/C26H30F3N3O4/c1-16-31-20-11-21(35-3)22(36-15-25(14-34-2)8-5-9-25)10-18(20)24(32-16)30-12-17-6-4-7-19(23(17)27)26(28,29)13-33/h4,6-7,10-11,33H,5,8-9,12-15H2,1-3H3,(H,30,31,32). The van der Waals surface area contributed by atoms with Crippen molar-refractivity contribution in [3.63, 3.8) is 0 Å². The zero-order chi connectivity index (χ0) is 25.9. The molecule has 0 spiro atoms. The monoisotopic (exact) mass is 505 g/mol. The summed E-state index contributed by atoms with van der Waals surface area (Å²) in [5.74, 6) is -2.85. The van der Waals surface area contributed by atoms with Gasteiger partial charge in [0.2, 0.25) is 0 Å². The first kappa shape index (κ1) is 26.0. The summed E-state index contributed by atoms with van der Waals surface area (Å²) in [7, 11) is 3.23. The van der Waals surface area contributed by atoms with Crippen LogP contribution in [0.2, 0.25) is 0 Å². The molecule has 3 aromatic rings. The van der Waals surface area contributed by atoms with Gasteiger partial charge in [0.25, 0.3) is 5.92 Å². The van der Waals surface area contributed by atoms with Gasteiger partial charge in [-0.05, 0) is 31.9 Å². The van der Waals surface area contributed by atoms with Gasteiger partial charge in [-0.3, -0.25) is 0 Å². The Morgan fingerprint density at radius 3 is 2.53 bits per heavy atom. The maximum absolute atomic E-state index is 14.8. The van der Waals surface area contributed by atoms with Crippen LogP contribution in [0.4, 0.5) is 19.0 Å². The molecule has 194 valence electrons. The van der Waals surface area contributed by atoms with Crippen molar-refractivity contribution in [2.45, 2.75) is 38.7 Å². The third-order valence-electron chi connectivity index (χ3n) is 6.61. The first-order valence-electron chi connectivity index (χ1n) is 11.7. The van der Waals surface area contributed by atoms with E-state index < -0.39 is 23.9 Å². The SMILES string of the molecule is COCC1(COc2cc3c(NCc4cccc(C(F)(F)CO)c4F)nc(C)nc3cc2OC)CCC1. The zero-order valence-electron chi connectivity index (χ0n) is 20.5. The number of aliphatic hydroxyl groups excluding tert-OH is 1. The molecule has 1 heterocycles. The van der Waals surface area contributed by atoms with E-state index in [4.69, 9.17) is 19.3 Å². The summed E-state index contributed by atoms with van der Waals surface area (Å²) in [6.07, 6.45) is 3.17. The second kappa shape index (κ2) is 10.5. The van der Waals surface area contributed by atoms with Crippen LogP contribution in [0.3, 0.4) is 0 Å². The van der Waals surface area contributed by atoms with E-state index in [9.17, 15) is 13.2 Å². The first-order valence-corrected chi connectivity index (χ1v) is 11.7. The number of aliphatic hydroxyl groups is 1. The van der Waals surface area contributed by atoms with Crippen molar-refractivity contribution in [2.24, 2.45) is 5.41 Å². The highest BCUT2D eigenvalue weighted by molar-refractivity contribution is 5.91. The van der Waals surface area contributed by atoms with Crippen molar-refractivity contribution in [2.75, 3.05) is 39.4 Å². The van der Waals surface area contributed by atoms with E-state index in [2.05, 4.69) is 15.3 Å². The molecule has 0 bridgehead atoms. The Kier molecular flexibility index (Phi) is 7.56. The molecule has 2 N–H and O–H groups in total. The van der Waals surface area contributed by atoms with Crippen LogP contribution >= 0.6 is 0 Å². The van der Waals surface area contributed by atoms with E-state index in [-0.39, 0.29) is 17.5 Å². The van der Waals surface area contributed by atoms with E-state index in [1.165, 1.54) is 12.1 Å². The third kappa shape index (κ3) is 5.19. The molecule has 2 aromatic carbocycles. The van der Waals surface area contributed by atoms with Gasteiger partial charge in [-0.25, -0.2) is 14.4 Å². The minimum absolute atomic E-state index is 0.0153. The molecule has 10 heteroatoms. The number of aromatic nitrogens is 2. The number of benzene rings is 2. The van der Waals surface area contributed by atoms with Crippen LogP contribution in [-0.2, 0) is 17.2 Å². The quantitative estimate of drug-likeness (QED) is 0.380. The van der Waals surface area contributed by atoms with Crippen LogP contribution < -0.4 is 14.8 Å². The molecule has 0 amide bonds. The summed E-state index contributed by atoms with van der Waals surface area (Å²) >= 11 is 0. The van der Waals surface area contributed by atoms with Crippen molar-refractivity contribution in [3.05, 3.63) is 53.1 Å². The molecule has 4 rings (SSSR count). The van der Waals surface area contributed by atoms with Crippen molar-refractivity contribution in [1.82, 2.24) is 9.97 Å². The maximum Gasteiger partial charge on any atom is 0.298 e. The average molecular weight is 506 g/mol. The van der Waals surface area contributed by atoms with Crippen molar-refractivity contribution < 1.29 is 32.5 Å². The van der Waals surface area contributed by atoms with Crippen molar-refractivity contribution in [3.8, 4) is 11.5 Å². The number of ether oxygens (including phenoxy) is 3. The number of methoxy groups -OCH3 is 2. The van der Waals surface area contributed by atoms with Gasteiger partial charge in [-0.1, -0.05) is 18.6 Å². The molecular weight excluding hydrogens is 475 g/mol. The Morgan fingerprint density at radius 2 is 1.89 bits per heavy atom. The Bertz CT molecular complexity index is 1230. The lowest BCUT2D eigenvalue weighted by molar-refractivity contribution is -0.0583. The van der Waals surface area contributed by atoms with Crippen molar-refractivity contribution >= 4 is 16.7 Å². The molecule has 36 heavy (non-hydrogen) atoms. The van der Waals surface area contributed by atoms with Gasteiger partial charge in [0.05, 0.1) is 31.4 Å². The van der Waals surface area contributed by atoms with Gasteiger partial charge < -0.3 is 24.6 Å². The molecule has 1 saturated carbocycles. The van der Waals surface area contributed by atoms with Crippen molar-refractivity contribution in [1.29, 1.82) is 0 Å². The van der Waals surface area contributed by atoms with Gasteiger partial charge in [0, 0.05) is 36.1 Å². The van der Waals surface area contributed by atoms with Gasteiger partial charge >= 0.3 is 0 Å². The lowest BCUT2D eigenvalue weighted by atomic mass is 9.70. The fraction of sp³-hybridized carbons (Fsp3) is 0.462. The minimum Gasteiger partial charge on any atom is -0.493 e. The number of aryl methyl sites for hydroxylation is 1. The number of anilines is 1. The van der Waals surface area contributed by atoms with E-state index in [0.717, 1.165) is 25.3 Å². The number of alkyl halides is 2. The Morgan fingerprint density at radius 1 is 1.11 bits per heavy atom. The summed E-state index contributed by atoms with van der Waals surface area (Å²) in [5, 5.41) is 12.6. The van der Waals surface area contributed by atoms with Gasteiger partial charge in [0.15, 0.2) is 11.5 Å². The number of hydrogen-bond acceptors (Lipinski definition) is 7. The van der Waals surface area contributed by atoms with Crippen LogP contribution in [0.25, 0.3) is 10.9 Å². The fourth-order valence-corrected chi connectivity index (χ4v) is 4.47. The average Bonchev–Trinajstić information content (AvgIpc) is 2.84. The Labute approximate surface area is 207 Å². The second-order valence-corrected chi connectivity index (χ2v) is 9.21. The summed E-state index contributed by atoms with van der Waals surface area (Å²) < 4.78 is 59.8. The first-order chi connectivity index (χ1) is 17.2. The highest BCUT2D eigenvalue weighted by Gasteiger charge is 2.38. The molecule has 1 aliphatic carbocycles. The molecule has 1 aromatic heterocycles. The molecule has 1 fully saturated rings. The summed E-state index contributed by atoms with van der Waals surface area (Å²) in [5.41, 5.74) is -0.278. The molecule has 0 aliphatic heterocycles. The molecule has 0 radical (unpaired) electrons. The van der Waals surface area contributed by atoms with Crippen LogP contribution in [0.5, 0.6) is 11.5 Å².